The van der Waals surface area contributed by atoms with E-state index in [4.69, 9.17) is 4.74 Å². The van der Waals surface area contributed by atoms with Crippen molar-refractivity contribution in [3.8, 4) is 5.75 Å². The van der Waals surface area contributed by atoms with Gasteiger partial charge in [-0.05, 0) is 60.7 Å². The zero-order chi connectivity index (χ0) is 17.9. The number of halogens is 1. The summed E-state index contributed by atoms with van der Waals surface area (Å²) in [6.07, 6.45) is 1.97. The summed E-state index contributed by atoms with van der Waals surface area (Å²) < 4.78 is 45.5. The molecule has 4 nitrogen and oxygen atoms in total. The number of sulfonamides is 1. The molecule has 2 aromatic rings. The molecule has 1 heterocycles. The Bertz CT molecular complexity index is 804. The Morgan fingerprint density at radius 3 is 2.44 bits per heavy atom. The Balaban J connectivity index is 1.66. The van der Waals surface area contributed by atoms with E-state index in [1.165, 1.54) is 12.1 Å². The maximum Gasteiger partial charge on any atom is 0.243 e. The summed E-state index contributed by atoms with van der Waals surface area (Å²) in [6.45, 7) is 3.53. The summed E-state index contributed by atoms with van der Waals surface area (Å²) in [7, 11) is -3.45. The Morgan fingerprint density at radius 2 is 1.80 bits per heavy atom. The standard InChI is InChI=1S/C19H22FNO3S/c1-15-3-2-12-21(13-15)25(22,23)19-10-8-18(9-11-19)24-14-16-4-6-17(20)7-5-16/h4-11,15H,2-3,12-14H2,1H3. The zero-order valence-electron chi connectivity index (χ0n) is 14.2. The molecule has 1 unspecified atom stereocenters. The van der Waals surface area contributed by atoms with Crippen LogP contribution in [-0.4, -0.2) is 25.8 Å². The monoisotopic (exact) mass is 363 g/mol. The predicted molar refractivity (Wildman–Crippen MR) is 94.3 cm³/mol. The van der Waals surface area contributed by atoms with Gasteiger partial charge in [0.25, 0.3) is 0 Å². The first-order chi connectivity index (χ1) is 11.9. The number of benzene rings is 2. The van der Waals surface area contributed by atoms with Crippen LogP contribution in [0.2, 0.25) is 0 Å². The third-order valence-corrected chi connectivity index (χ3v) is 6.28. The fourth-order valence-corrected chi connectivity index (χ4v) is 4.57. The van der Waals surface area contributed by atoms with Crippen LogP contribution in [0.1, 0.15) is 25.3 Å². The van der Waals surface area contributed by atoms with Crippen molar-refractivity contribution in [3.63, 3.8) is 0 Å². The van der Waals surface area contributed by atoms with Gasteiger partial charge in [0.05, 0.1) is 4.90 Å². The van der Waals surface area contributed by atoms with Gasteiger partial charge in [0.1, 0.15) is 18.2 Å². The molecular weight excluding hydrogens is 341 g/mol. The number of rotatable bonds is 5. The lowest BCUT2D eigenvalue weighted by molar-refractivity contribution is 0.281. The van der Waals surface area contributed by atoms with Gasteiger partial charge in [-0.2, -0.15) is 4.31 Å². The van der Waals surface area contributed by atoms with Crippen LogP contribution in [0.4, 0.5) is 4.39 Å². The van der Waals surface area contributed by atoms with Gasteiger partial charge >= 0.3 is 0 Å². The number of ether oxygens (including phenoxy) is 1. The minimum Gasteiger partial charge on any atom is -0.489 e. The molecule has 134 valence electrons. The molecule has 1 aliphatic heterocycles. The first-order valence-electron chi connectivity index (χ1n) is 8.42. The quantitative estimate of drug-likeness (QED) is 0.811. The molecule has 6 heteroatoms. The third kappa shape index (κ3) is 4.38. The molecule has 1 aliphatic rings. The van der Waals surface area contributed by atoms with Crippen LogP contribution >= 0.6 is 0 Å². The SMILES string of the molecule is CC1CCCN(S(=O)(=O)c2ccc(OCc3ccc(F)cc3)cc2)C1. The predicted octanol–water partition coefficient (Wildman–Crippen LogP) is 3.83. The van der Waals surface area contributed by atoms with E-state index in [9.17, 15) is 12.8 Å². The van der Waals surface area contributed by atoms with E-state index in [0.29, 0.717) is 31.4 Å². The van der Waals surface area contributed by atoms with Gasteiger partial charge in [0.2, 0.25) is 10.0 Å². The molecule has 1 atom stereocenters. The van der Waals surface area contributed by atoms with Crippen LogP contribution in [0.15, 0.2) is 53.4 Å². The fraction of sp³-hybridized carbons (Fsp3) is 0.368. The number of hydrogen-bond donors (Lipinski definition) is 0. The van der Waals surface area contributed by atoms with Gasteiger partial charge < -0.3 is 4.74 Å². The second kappa shape index (κ2) is 7.54. The lowest BCUT2D eigenvalue weighted by atomic mass is 10.0. The van der Waals surface area contributed by atoms with Crippen molar-refractivity contribution in [2.24, 2.45) is 5.92 Å². The molecule has 1 saturated heterocycles. The number of nitrogens with zero attached hydrogens (tertiary/aromatic N) is 1. The van der Waals surface area contributed by atoms with Crippen molar-refractivity contribution < 1.29 is 17.5 Å². The molecule has 0 amide bonds. The molecule has 0 bridgehead atoms. The van der Waals surface area contributed by atoms with Crippen LogP contribution < -0.4 is 4.74 Å². The van der Waals surface area contributed by atoms with Crippen molar-refractivity contribution in [2.75, 3.05) is 13.1 Å². The highest BCUT2D eigenvalue weighted by Crippen LogP contribution is 2.25. The molecule has 0 saturated carbocycles. The summed E-state index contributed by atoms with van der Waals surface area (Å²) in [6, 6.07) is 12.6. The van der Waals surface area contributed by atoms with Gasteiger partial charge in [-0.15, -0.1) is 0 Å². The molecular formula is C19H22FNO3S. The average molecular weight is 363 g/mol. The van der Waals surface area contributed by atoms with Gasteiger partial charge in [0.15, 0.2) is 0 Å². The number of piperidine rings is 1. The molecule has 25 heavy (non-hydrogen) atoms. The second-order valence-corrected chi connectivity index (χ2v) is 8.43. The molecule has 0 aliphatic carbocycles. The Labute approximate surface area is 148 Å². The minimum absolute atomic E-state index is 0.287. The van der Waals surface area contributed by atoms with Gasteiger partial charge in [-0.1, -0.05) is 19.1 Å². The Kier molecular flexibility index (Phi) is 5.39. The van der Waals surface area contributed by atoms with Crippen LogP contribution in [-0.2, 0) is 16.6 Å². The largest absolute Gasteiger partial charge is 0.489 e. The van der Waals surface area contributed by atoms with E-state index in [1.54, 1.807) is 40.7 Å². The summed E-state index contributed by atoms with van der Waals surface area (Å²) in [5.74, 6) is 0.683. The van der Waals surface area contributed by atoms with Crippen molar-refractivity contribution in [1.29, 1.82) is 0 Å². The van der Waals surface area contributed by atoms with Gasteiger partial charge in [-0.25, -0.2) is 12.8 Å². The zero-order valence-corrected chi connectivity index (χ0v) is 15.0. The van der Waals surface area contributed by atoms with Crippen molar-refractivity contribution in [3.05, 3.63) is 59.9 Å². The first-order valence-corrected chi connectivity index (χ1v) is 9.86. The van der Waals surface area contributed by atoms with Gasteiger partial charge in [0, 0.05) is 13.1 Å². The highest BCUT2D eigenvalue weighted by molar-refractivity contribution is 7.89. The highest BCUT2D eigenvalue weighted by atomic mass is 32.2. The van der Waals surface area contributed by atoms with Crippen molar-refractivity contribution in [2.45, 2.75) is 31.3 Å². The molecule has 0 radical (unpaired) electrons. The maximum atomic E-state index is 12.9. The van der Waals surface area contributed by atoms with E-state index in [0.717, 1.165) is 18.4 Å². The normalized spacial score (nSPS) is 18.9. The summed E-state index contributed by atoms with van der Waals surface area (Å²) in [4.78, 5) is 0.288. The Morgan fingerprint density at radius 1 is 1.12 bits per heavy atom. The Hall–Kier alpha value is -1.92. The summed E-state index contributed by atoms with van der Waals surface area (Å²) in [5, 5.41) is 0. The molecule has 2 aromatic carbocycles. The highest BCUT2D eigenvalue weighted by Gasteiger charge is 2.28. The molecule has 0 spiro atoms. The summed E-state index contributed by atoms with van der Waals surface area (Å²) in [5.41, 5.74) is 0.848. The maximum absolute atomic E-state index is 12.9. The summed E-state index contributed by atoms with van der Waals surface area (Å²) >= 11 is 0. The van der Waals surface area contributed by atoms with Gasteiger partial charge in [-0.3, -0.25) is 0 Å². The third-order valence-electron chi connectivity index (χ3n) is 4.40. The lowest BCUT2D eigenvalue weighted by Gasteiger charge is -2.30. The van der Waals surface area contributed by atoms with Crippen molar-refractivity contribution >= 4 is 10.0 Å². The average Bonchev–Trinajstić information content (AvgIpc) is 2.62. The fourth-order valence-electron chi connectivity index (χ4n) is 2.97. The molecule has 3 rings (SSSR count). The van der Waals surface area contributed by atoms with E-state index < -0.39 is 10.0 Å². The second-order valence-electron chi connectivity index (χ2n) is 6.50. The molecule has 0 N–H and O–H groups in total. The smallest absolute Gasteiger partial charge is 0.243 e. The van der Waals surface area contributed by atoms with Crippen LogP contribution in [0.25, 0.3) is 0 Å². The minimum atomic E-state index is -3.45. The van der Waals surface area contributed by atoms with Crippen LogP contribution in [0.5, 0.6) is 5.75 Å². The van der Waals surface area contributed by atoms with Crippen molar-refractivity contribution in [1.82, 2.24) is 4.31 Å². The van der Waals surface area contributed by atoms with E-state index in [2.05, 4.69) is 6.92 Å². The van der Waals surface area contributed by atoms with Crippen LogP contribution in [0, 0.1) is 11.7 Å². The van der Waals surface area contributed by atoms with Crippen LogP contribution in [0.3, 0.4) is 0 Å². The van der Waals surface area contributed by atoms with E-state index in [-0.39, 0.29) is 10.7 Å². The van der Waals surface area contributed by atoms with E-state index >= 15 is 0 Å². The first kappa shape index (κ1) is 17.9. The lowest BCUT2D eigenvalue weighted by Crippen LogP contribution is -2.39. The topological polar surface area (TPSA) is 46.6 Å². The number of hydrogen-bond acceptors (Lipinski definition) is 3. The molecule has 0 aromatic heterocycles. The van der Waals surface area contributed by atoms with E-state index in [1.807, 2.05) is 0 Å². The molecule has 1 fully saturated rings.